The van der Waals surface area contributed by atoms with Crippen molar-refractivity contribution in [3.05, 3.63) is 58.6 Å². The maximum atomic E-state index is 12.7. The Labute approximate surface area is 152 Å². The van der Waals surface area contributed by atoms with Crippen molar-refractivity contribution in [1.82, 2.24) is 4.72 Å². The number of nitrogens with zero attached hydrogens (tertiary/aromatic N) is 1. The van der Waals surface area contributed by atoms with Crippen LogP contribution in [0.15, 0.2) is 47.4 Å². The summed E-state index contributed by atoms with van der Waals surface area (Å²) >= 11 is 6.14. The van der Waals surface area contributed by atoms with E-state index in [2.05, 4.69) is 4.72 Å². The summed E-state index contributed by atoms with van der Waals surface area (Å²) in [5.41, 5.74) is 2.37. The third-order valence-corrected chi connectivity index (χ3v) is 6.22. The van der Waals surface area contributed by atoms with Gasteiger partial charge in [0.1, 0.15) is 0 Å². The fourth-order valence-corrected chi connectivity index (χ4v) is 4.64. The predicted molar refractivity (Wildman–Crippen MR) is 98.4 cm³/mol. The van der Waals surface area contributed by atoms with E-state index in [0.29, 0.717) is 18.0 Å². The van der Waals surface area contributed by atoms with Crippen LogP contribution in [0.1, 0.15) is 31.0 Å². The van der Waals surface area contributed by atoms with Gasteiger partial charge in [0.25, 0.3) is 0 Å². The minimum atomic E-state index is -3.70. The van der Waals surface area contributed by atoms with Gasteiger partial charge in [0.05, 0.1) is 4.90 Å². The van der Waals surface area contributed by atoms with Crippen LogP contribution in [-0.2, 0) is 21.2 Å². The van der Waals surface area contributed by atoms with E-state index in [4.69, 9.17) is 11.6 Å². The molecule has 132 valence electrons. The van der Waals surface area contributed by atoms with E-state index in [9.17, 15) is 13.2 Å². The second kappa shape index (κ2) is 6.78. The van der Waals surface area contributed by atoms with Gasteiger partial charge in [0.15, 0.2) is 0 Å². The van der Waals surface area contributed by atoms with Gasteiger partial charge in [-0.3, -0.25) is 4.79 Å². The summed E-state index contributed by atoms with van der Waals surface area (Å²) in [5.74, 6) is -0.0418. The molecule has 1 amide bonds. The molecule has 2 aromatic carbocycles. The summed E-state index contributed by atoms with van der Waals surface area (Å²) < 4.78 is 28.1. The first-order valence-electron chi connectivity index (χ1n) is 7.97. The van der Waals surface area contributed by atoms with Crippen LogP contribution >= 0.6 is 11.6 Å². The first-order chi connectivity index (χ1) is 11.8. The lowest BCUT2D eigenvalue weighted by Crippen LogP contribution is -2.27. The molecule has 1 heterocycles. The number of rotatable bonds is 4. The number of benzene rings is 2. The van der Waals surface area contributed by atoms with Gasteiger partial charge in [-0.15, -0.1) is 0 Å². The molecule has 0 bridgehead atoms. The average molecular weight is 379 g/mol. The van der Waals surface area contributed by atoms with E-state index >= 15 is 0 Å². The Bertz CT molecular complexity index is 928. The van der Waals surface area contributed by atoms with Crippen molar-refractivity contribution in [2.45, 2.75) is 31.2 Å². The third-order valence-electron chi connectivity index (χ3n) is 4.34. The summed E-state index contributed by atoms with van der Waals surface area (Å²) in [5, 5.41) is 0.517. The molecule has 0 aromatic heterocycles. The summed E-state index contributed by atoms with van der Waals surface area (Å²) in [4.78, 5) is 13.5. The van der Waals surface area contributed by atoms with Gasteiger partial charge < -0.3 is 4.90 Å². The van der Waals surface area contributed by atoms with Gasteiger partial charge in [-0.25, -0.2) is 13.1 Å². The number of anilines is 1. The zero-order valence-electron chi connectivity index (χ0n) is 14.0. The summed E-state index contributed by atoms with van der Waals surface area (Å²) in [6, 6.07) is 11.5. The quantitative estimate of drug-likeness (QED) is 0.887. The fraction of sp³-hybridized carbons (Fsp3) is 0.278. The molecule has 1 aliphatic rings. The summed E-state index contributed by atoms with van der Waals surface area (Å²) in [7, 11) is -3.70. The van der Waals surface area contributed by atoms with Gasteiger partial charge in [0.2, 0.25) is 15.9 Å². The first kappa shape index (κ1) is 17.9. The molecule has 2 aromatic rings. The molecule has 5 nitrogen and oxygen atoms in total. The molecule has 0 aliphatic carbocycles. The minimum absolute atomic E-state index is 0.0418. The molecular weight excluding hydrogens is 360 g/mol. The molecule has 1 unspecified atom stereocenters. The number of nitrogens with one attached hydrogen (secondary N) is 1. The lowest BCUT2D eigenvalue weighted by molar-refractivity contribution is -0.116. The molecule has 0 spiro atoms. The Morgan fingerprint density at radius 2 is 1.96 bits per heavy atom. The monoisotopic (exact) mass is 378 g/mol. The van der Waals surface area contributed by atoms with Crippen LogP contribution in [0.5, 0.6) is 0 Å². The van der Waals surface area contributed by atoms with Crippen LogP contribution in [0.3, 0.4) is 0 Å². The molecule has 0 saturated heterocycles. The lowest BCUT2D eigenvalue weighted by atomic mass is 10.1. The van der Waals surface area contributed by atoms with E-state index in [1.54, 1.807) is 42.2 Å². The van der Waals surface area contributed by atoms with Crippen molar-refractivity contribution < 1.29 is 13.2 Å². The number of amides is 1. The Morgan fingerprint density at radius 3 is 2.64 bits per heavy atom. The van der Waals surface area contributed by atoms with E-state index in [-0.39, 0.29) is 10.8 Å². The zero-order valence-corrected chi connectivity index (χ0v) is 15.6. The number of carbonyl (C=O) groups is 1. The maximum absolute atomic E-state index is 12.7. The largest absolute Gasteiger partial charge is 0.312 e. The van der Waals surface area contributed by atoms with E-state index in [1.807, 2.05) is 6.07 Å². The predicted octanol–water partition coefficient (Wildman–Crippen LogP) is 3.29. The minimum Gasteiger partial charge on any atom is -0.312 e. The van der Waals surface area contributed by atoms with Crippen LogP contribution < -0.4 is 9.62 Å². The summed E-state index contributed by atoms with van der Waals surface area (Å²) in [6.45, 7) is 3.84. The molecule has 1 N–H and O–H groups in total. The maximum Gasteiger partial charge on any atom is 0.241 e. The molecular formula is C18H19ClN2O3S. The number of sulfonamides is 1. The SMILES string of the molecule is CC(=O)N1CCc2cc(S(=O)(=O)NC(C)c3ccccc3Cl)ccc21. The smallest absolute Gasteiger partial charge is 0.241 e. The fourth-order valence-electron chi connectivity index (χ4n) is 3.06. The lowest BCUT2D eigenvalue weighted by Gasteiger charge is -2.17. The Morgan fingerprint density at radius 1 is 1.24 bits per heavy atom. The van der Waals surface area contributed by atoms with Crippen molar-refractivity contribution in [1.29, 1.82) is 0 Å². The Hall–Kier alpha value is -1.89. The molecule has 0 radical (unpaired) electrons. The van der Waals surface area contributed by atoms with Gasteiger partial charge in [0, 0.05) is 30.2 Å². The van der Waals surface area contributed by atoms with E-state index in [0.717, 1.165) is 16.8 Å². The van der Waals surface area contributed by atoms with Gasteiger partial charge >= 0.3 is 0 Å². The van der Waals surface area contributed by atoms with Crippen LogP contribution in [0.4, 0.5) is 5.69 Å². The van der Waals surface area contributed by atoms with Gasteiger partial charge in [-0.2, -0.15) is 0 Å². The average Bonchev–Trinajstić information content (AvgIpc) is 2.98. The van der Waals surface area contributed by atoms with Crippen LogP contribution in [0.25, 0.3) is 0 Å². The number of hydrogen-bond acceptors (Lipinski definition) is 3. The van der Waals surface area contributed by atoms with Crippen molar-refractivity contribution in [3.8, 4) is 0 Å². The van der Waals surface area contributed by atoms with Crippen LogP contribution in [-0.4, -0.2) is 20.9 Å². The third kappa shape index (κ3) is 3.56. The first-order valence-corrected chi connectivity index (χ1v) is 9.83. The number of halogens is 1. The van der Waals surface area contributed by atoms with Gasteiger partial charge in [-0.1, -0.05) is 29.8 Å². The number of fused-ring (bicyclic) bond motifs is 1. The highest BCUT2D eigenvalue weighted by Gasteiger charge is 2.26. The number of carbonyl (C=O) groups excluding carboxylic acids is 1. The second-order valence-corrected chi connectivity index (χ2v) is 8.20. The van der Waals surface area contributed by atoms with Crippen molar-refractivity contribution in [2.24, 2.45) is 0 Å². The molecule has 0 fully saturated rings. The van der Waals surface area contributed by atoms with Crippen LogP contribution in [0, 0.1) is 0 Å². The highest BCUT2D eigenvalue weighted by Crippen LogP contribution is 2.31. The molecule has 1 atom stereocenters. The molecule has 7 heteroatoms. The number of hydrogen-bond donors (Lipinski definition) is 1. The standard InChI is InChI=1S/C18H19ClN2O3S/c1-12(16-5-3-4-6-17(16)19)20-25(23,24)15-7-8-18-14(11-15)9-10-21(18)13(2)22/h3-8,11-12,20H,9-10H2,1-2H3. The van der Waals surface area contributed by atoms with Crippen molar-refractivity contribution >= 4 is 33.2 Å². The van der Waals surface area contributed by atoms with Crippen molar-refractivity contribution in [3.63, 3.8) is 0 Å². The topological polar surface area (TPSA) is 66.5 Å². The van der Waals surface area contributed by atoms with E-state index < -0.39 is 16.1 Å². The molecule has 3 rings (SSSR count). The second-order valence-electron chi connectivity index (χ2n) is 6.08. The molecule has 25 heavy (non-hydrogen) atoms. The highest BCUT2D eigenvalue weighted by atomic mass is 35.5. The molecule has 0 saturated carbocycles. The zero-order chi connectivity index (χ0) is 18.2. The normalized spacial score (nSPS) is 15.1. The Balaban J connectivity index is 1.86. The Kier molecular flexibility index (Phi) is 4.86. The summed E-state index contributed by atoms with van der Waals surface area (Å²) in [6.07, 6.45) is 0.651. The molecule has 1 aliphatic heterocycles. The van der Waals surface area contributed by atoms with E-state index in [1.165, 1.54) is 13.0 Å². The highest BCUT2D eigenvalue weighted by molar-refractivity contribution is 7.89. The van der Waals surface area contributed by atoms with Gasteiger partial charge in [-0.05, 0) is 48.7 Å². The van der Waals surface area contributed by atoms with Crippen LogP contribution in [0.2, 0.25) is 5.02 Å². The van der Waals surface area contributed by atoms with Crippen molar-refractivity contribution in [2.75, 3.05) is 11.4 Å².